The number of ether oxygens (including phenoxy) is 1. The van der Waals surface area contributed by atoms with E-state index in [0.29, 0.717) is 12.0 Å². The molecule has 3 fully saturated rings. The molecule has 2 N–H and O–H groups in total. The second-order valence-corrected chi connectivity index (χ2v) is 8.26. The van der Waals surface area contributed by atoms with Gasteiger partial charge in [-0.15, -0.1) is 0 Å². The third kappa shape index (κ3) is 2.86. The van der Waals surface area contributed by atoms with Gasteiger partial charge in [-0.25, -0.2) is 4.98 Å². The van der Waals surface area contributed by atoms with Crippen LogP contribution in [-0.2, 0) is 11.3 Å². The van der Waals surface area contributed by atoms with E-state index in [9.17, 15) is 5.11 Å². The number of nitrogens with zero attached hydrogens (tertiary/aromatic N) is 2. The first-order chi connectivity index (χ1) is 12.8. The minimum atomic E-state index is -0.112. The Morgan fingerprint density at radius 3 is 3.00 bits per heavy atom. The van der Waals surface area contributed by atoms with Gasteiger partial charge in [0.25, 0.3) is 0 Å². The molecule has 4 heterocycles. The summed E-state index contributed by atoms with van der Waals surface area (Å²) in [5, 5.41) is 11.7. The highest BCUT2D eigenvalue weighted by Gasteiger charge is 2.39. The maximum atomic E-state index is 10.5. The molecule has 0 amide bonds. The van der Waals surface area contributed by atoms with E-state index in [1.54, 1.807) is 0 Å². The van der Waals surface area contributed by atoms with Crippen molar-refractivity contribution in [3.8, 4) is 0 Å². The van der Waals surface area contributed by atoms with Crippen LogP contribution in [0.3, 0.4) is 0 Å². The molecule has 26 heavy (non-hydrogen) atoms. The van der Waals surface area contributed by atoms with Crippen molar-refractivity contribution in [1.82, 2.24) is 14.9 Å². The molecule has 1 aliphatic carbocycles. The summed E-state index contributed by atoms with van der Waals surface area (Å²) in [6.07, 6.45) is 10.00. The molecule has 1 saturated carbocycles. The molecule has 0 aromatic carbocycles. The molecule has 5 heteroatoms. The van der Waals surface area contributed by atoms with Crippen LogP contribution in [-0.4, -0.2) is 45.3 Å². The van der Waals surface area contributed by atoms with Gasteiger partial charge in [0.2, 0.25) is 0 Å². The van der Waals surface area contributed by atoms with Crippen LogP contribution in [0.2, 0.25) is 0 Å². The van der Waals surface area contributed by atoms with E-state index in [4.69, 9.17) is 4.74 Å². The lowest BCUT2D eigenvalue weighted by Gasteiger charge is -2.46. The number of pyridine rings is 1. The minimum absolute atomic E-state index is 0.112. The van der Waals surface area contributed by atoms with Crippen LogP contribution in [0.25, 0.3) is 11.0 Å². The normalized spacial score (nSPS) is 32.8. The van der Waals surface area contributed by atoms with E-state index >= 15 is 0 Å². The number of aliphatic hydroxyl groups is 1. The molecule has 3 aliphatic rings. The van der Waals surface area contributed by atoms with Gasteiger partial charge in [-0.3, -0.25) is 4.90 Å². The summed E-state index contributed by atoms with van der Waals surface area (Å²) in [6, 6.07) is 4.73. The number of aromatic nitrogens is 2. The predicted octanol–water partition coefficient (Wildman–Crippen LogP) is 3.54. The second kappa shape index (κ2) is 6.95. The topological polar surface area (TPSA) is 61.4 Å². The first kappa shape index (κ1) is 16.7. The molecule has 5 nitrogen and oxygen atoms in total. The largest absolute Gasteiger partial charge is 0.393 e. The van der Waals surface area contributed by atoms with Gasteiger partial charge in [-0.05, 0) is 49.8 Å². The van der Waals surface area contributed by atoms with Crippen molar-refractivity contribution in [2.24, 2.45) is 5.92 Å². The van der Waals surface area contributed by atoms with E-state index in [0.717, 1.165) is 44.6 Å². The third-order valence-electron chi connectivity index (χ3n) is 6.78. The highest BCUT2D eigenvalue weighted by molar-refractivity contribution is 5.81. The van der Waals surface area contributed by atoms with Crippen molar-refractivity contribution in [2.45, 2.75) is 69.7 Å². The summed E-state index contributed by atoms with van der Waals surface area (Å²) < 4.78 is 6.00. The van der Waals surface area contributed by atoms with E-state index in [1.165, 1.54) is 42.3 Å². The fourth-order valence-corrected chi connectivity index (χ4v) is 5.47. The van der Waals surface area contributed by atoms with Crippen LogP contribution in [0.4, 0.5) is 0 Å². The van der Waals surface area contributed by atoms with Crippen molar-refractivity contribution in [1.29, 1.82) is 0 Å². The molecule has 0 radical (unpaired) electrons. The van der Waals surface area contributed by atoms with Crippen LogP contribution in [0.5, 0.6) is 0 Å². The summed E-state index contributed by atoms with van der Waals surface area (Å²) in [6.45, 7) is 2.78. The van der Waals surface area contributed by atoms with Gasteiger partial charge < -0.3 is 14.8 Å². The van der Waals surface area contributed by atoms with E-state index < -0.39 is 0 Å². The zero-order valence-corrected chi connectivity index (χ0v) is 15.4. The third-order valence-corrected chi connectivity index (χ3v) is 6.78. The van der Waals surface area contributed by atoms with Crippen LogP contribution in [0.15, 0.2) is 18.3 Å². The summed E-state index contributed by atoms with van der Waals surface area (Å²) in [5.74, 6) is 0.451. The molecule has 2 aliphatic heterocycles. The fourth-order valence-electron chi connectivity index (χ4n) is 5.47. The Morgan fingerprint density at radius 1 is 1.19 bits per heavy atom. The Morgan fingerprint density at radius 2 is 2.12 bits per heavy atom. The van der Waals surface area contributed by atoms with E-state index in [2.05, 4.69) is 20.9 Å². The van der Waals surface area contributed by atoms with Crippen LogP contribution < -0.4 is 0 Å². The molecule has 2 saturated heterocycles. The number of nitrogens with one attached hydrogen (secondary N) is 1. The average molecular weight is 355 g/mol. The summed E-state index contributed by atoms with van der Waals surface area (Å²) in [4.78, 5) is 10.7. The van der Waals surface area contributed by atoms with Gasteiger partial charge in [0.1, 0.15) is 5.65 Å². The van der Waals surface area contributed by atoms with Gasteiger partial charge in [0.15, 0.2) is 0 Å². The van der Waals surface area contributed by atoms with Crippen molar-refractivity contribution in [2.75, 3.05) is 13.2 Å². The SMILES string of the molecule is O[C@@H]1CCN(Cc2c([C@@H]3CCCO3)[nH]c3ncccc23)[C@@H]2CCCC[C@@H]12. The molecule has 0 spiro atoms. The number of aliphatic hydroxyl groups excluding tert-OH is 1. The van der Waals surface area contributed by atoms with Gasteiger partial charge in [0.05, 0.1) is 17.9 Å². The Bertz CT molecular complexity index is 768. The molecule has 5 rings (SSSR count). The lowest BCUT2D eigenvalue weighted by molar-refractivity contribution is -0.0395. The lowest BCUT2D eigenvalue weighted by Crippen LogP contribution is -2.52. The number of hydrogen-bond acceptors (Lipinski definition) is 4. The highest BCUT2D eigenvalue weighted by atomic mass is 16.5. The number of piperidine rings is 1. The number of likely N-dealkylation sites (tertiary alicyclic amines) is 1. The number of fused-ring (bicyclic) bond motifs is 2. The van der Waals surface area contributed by atoms with Crippen molar-refractivity contribution in [3.05, 3.63) is 29.6 Å². The zero-order chi connectivity index (χ0) is 17.5. The molecule has 0 unspecified atom stereocenters. The lowest BCUT2D eigenvalue weighted by atomic mass is 9.76. The maximum absolute atomic E-state index is 10.5. The van der Waals surface area contributed by atoms with Gasteiger partial charge >= 0.3 is 0 Å². The summed E-state index contributed by atoms with van der Waals surface area (Å²) >= 11 is 0. The Labute approximate surface area is 154 Å². The zero-order valence-electron chi connectivity index (χ0n) is 15.4. The van der Waals surface area contributed by atoms with Crippen molar-refractivity contribution < 1.29 is 9.84 Å². The van der Waals surface area contributed by atoms with E-state index in [-0.39, 0.29) is 12.2 Å². The molecule has 140 valence electrons. The molecule has 2 aromatic heterocycles. The van der Waals surface area contributed by atoms with Gasteiger partial charge in [-0.1, -0.05) is 12.8 Å². The number of aromatic amines is 1. The molecular weight excluding hydrogens is 326 g/mol. The summed E-state index contributed by atoms with van der Waals surface area (Å²) in [7, 11) is 0. The summed E-state index contributed by atoms with van der Waals surface area (Å²) in [5.41, 5.74) is 3.57. The van der Waals surface area contributed by atoms with Crippen LogP contribution in [0.1, 0.15) is 62.3 Å². The van der Waals surface area contributed by atoms with Gasteiger partial charge in [0, 0.05) is 43.2 Å². The molecule has 4 atom stereocenters. The minimum Gasteiger partial charge on any atom is -0.393 e. The predicted molar refractivity (Wildman–Crippen MR) is 101 cm³/mol. The van der Waals surface area contributed by atoms with E-state index in [1.807, 2.05) is 12.3 Å². The number of rotatable bonds is 3. The standard InChI is InChI=1S/C21H29N3O2/c25-18-9-11-24(17-7-2-1-5-15(17)18)13-16-14-6-3-10-22-21(14)23-20(16)19-8-4-12-26-19/h3,6,10,15,17-19,25H,1-2,4-5,7-9,11-13H2,(H,22,23)/t15-,17-,18-,19+/m1/s1. The van der Waals surface area contributed by atoms with Crippen LogP contribution >= 0.6 is 0 Å². The smallest absolute Gasteiger partial charge is 0.137 e. The fraction of sp³-hybridized carbons (Fsp3) is 0.667. The first-order valence-electron chi connectivity index (χ1n) is 10.3. The van der Waals surface area contributed by atoms with Gasteiger partial charge in [-0.2, -0.15) is 0 Å². The molecular formula is C21H29N3O2. The molecule has 2 aromatic rings. The maximum Gasteiger partial charge on any atom is 0.137 e. The average Bonchev–Trinajstić information content (AvgIpc) is 3.32. The van der Waals surface area contributed by atoms with Crippen molar-refractivity contribution in [3.63, 3.8) is 0 Å². The quantitative estimate of drug-likeness (QED) is 0.884. The Kier molecular flexibility index (Phi) is 4.47. The molecule has 0 bridgehead atoms. The monoisotopic (exact) mass is 355 g/mol. The number of H-pyrrole nitrogens is 1. The number of hydrogen-bond donors (Lipinski definition) is 2. The Balaban J connectivity index is 1.49. The first-order valence-corrected chi connectivity index (χ1v) is 10.3. The second-order valence-electron chi connectivity index (χ2n) is 8.26. The van der Waals surface area contributed by atoms with Crippen LogP contribution in [0, 0.1) is 5.92 Å². The Hall–Kier alpha value is -1.43. The highest BCUT2D eigenvalue weighted by Crippen LogP contribution is 2.39. The van der Waals surface area contributed by atoms with Crippen molar-refractivity contribution >= 4 is 11.0 Å².